The van der Waals surface area contributed by atoms with Gasteiger partial charge in [0.15, 0.2) is 0 Å². The van der Waals surface area contributed by atoms with Crippen molar-refractivity contribution in [1.29, 1.82) is 0 Å². The number of carbonyl (C=O) groups excluding carboxylic acids is 6. The third-order valence-electron chi connectivity index (χ3n) is 10.7. The maximum Gasteiger partial charge on any atom is 0.408 e. The standard InChI is InChI=1S/C48H56N6O8/c1-31(2)29-61-47(59)51-41(35-13-7-5-8-14-35)45(57)53-27-11-17-39(53)43(55)49-37-23-19-33(20-24-37)34-21-25-38(26-22-34)50-44(56)40-18-12-28-54(40)46(58)42(36-15-9-6-10-16-36)52-48(60)62-30-32(3)4/h5-10,13-16,19-26,31-32,39-42H,11-12,17-18,27-30H2,1-4H3,(H,49,55)(H,50,56)(H,51,59)(H,52,60)/t39-,40-,41+,42+/m0/s1. The Morgan fingerprint density at radius 1 is 0.532 bits per heavy atom. The fraction of sp³-hybridized carbons (Fsp3) is 0.375. The Labute approximate surface area is 362 Å². The minimum atomic E-state index is -1.02. The fourth-order valence-electron chi connectivity index (χ4n) is 7.55. The highest BCUT2D eigenvalue weighted by Gasteiger charge is 2.40. The number of carbonyl (C=O) groups is 6. The summed E-state index contributed by atoms with van der Waals surface area (Å²) in [6, 6.07) is 29.0. The highest BCUT2D eigenvalue weighted by Crippen LogP contribution is 2.29. The van der Waals surface area contributed by atoms with E-state index in [9.17, 15) is 28.8 Å². The normalized spacial score (nSPS) is 16.9. The van der Waals surface area contributed by atoms with Gasteiger partial charge in [0, 0.05) is 24.5 Å². The van der Waals surface area contributed by atoms with E-state index in [4.69, 9.17) is 9.47 Å². The summed E-state index contributed by atoms with van der Waals surface area (Å²) in [5, 5.41) is 11.3. The number of rotatable bonds is 15. The SMILES string of the molecule is CC(C)COC(=O)N[C@@H](C(=O)N1CCC[C@H]1C(=O)Nc1ccc(-c2ccc(NC(=O)[C@@H]3CCCN3C(=O)[C@H](NC(=O)OCC(C)C)c3ccccc3)cc2)cc1)c1ccccc1. The van der Waals surface area contributed by atoms with Gasteiger partial charge in [-0.2, -0.15) is 0 Å². The number of hydrogen-bond acceptors (Lipinski definition) is 8. The van der Waals surface area contributed by atoms with Gasteiger partial charge in [-0.1, -0.05) is 113 Å². The van der Waals surface area contributed by atoms with Gasteiger partial charge in [-0.05, 0) is 84.0 Å². The molecule has 2 aliphatic heterocycles. The van der Waals surface area contributed by atoms with Crippen LogP contribution in [0.4, 0.5) is 21.0 Å². The monoisotopic (exact) mass is 844 g/mol. The molecular weight excluding hydrogens is 789 g/mol. The molecule has 0 bridgehead atoms. The van der Waals surface area contributed by atoms with Gasteiger partial charge in [-0.3, -0.25) is 19.2 Å². The van der Waals surface area contributed by atoms with Crippen LogP contribution in [0.25, 0.3) is 11.1 Å². The molecule has 2 saturated heterocycles. The Kier molecular flexibility index (Phi) is 15.3. The molecule has 0 saturated carbocycles. The van der Waals surface area contributed by atoms with Crippen LogP contribution in [0.15, 0.2) is 109 Å². The zero-order valence-corrected chi connectivity index (χ0v) is 35.7. The predicted molar refractivity (Wildman–Crippen MR) is 236 cm³/mol. The summed E-state index contributed by atoms with van der Waals surface area (Å²) < 4.78 is 10.6. The van der Waals surface area contributed by atoms with Crippen molar-refractivity contribution in [3.05, 3.63) is 120 Å². The van der Waals surface area contributed by atoms with E-state index >= 15 is 0 Å². The lowest BCUT2D eigenvalue weighted by molar-refractivity contribution is -0.138. The third-order valence-corrected chi connectivity index (χ3v) is 10.7. The van der Waals surface area contributed by atoms with E-state index in [0.29, 0.717) is 61.3 Å². The van der Waals surface area contributed by atoms with Crippen LogP contribution in [0.5, 0.6) is 0 Å². The predicted octanol–water partition coefficient (Wildman–Crippen LogP) is 7.46. The number of nitrogens with zero attached hydrogens (tertiary/aromatic N) is 2. The second-order valence-electron chi connectivity index (χ2n) is 16.5. The maximum atomic E-state index is 13.9. The van der Waals surface area contributed by atoms with Crippen molar-refractivity contribution < 1.29 is 38.2 Å². The van der Waals surface area contributed by atoms with Gasteiger partial charge in [0.2, 0.25) is 11.8 Å². The number of alkyl carbamates (subject to hydrolysis) is 2. The van der Waals surface area contributed by atoms with Gasteiger partial charge in [-0.15, -0.1) is 0 Å². The first-order valence-electron chi connectivity index (χ1n) is 21.3. The Bertz CT molecular complexity index is 2010. The van der Waals surface area contributed by atoms with Crippen molar-refractivity contribution in [2.24, 2.45) is 11.8 Å². The van der Waals surface area contributed by atoms with E-state index < -0.39 is 36.4 Å². The third kappa shape index (κ3) is 11.8. The summed E-state index contributed by atoms with van der Waals surface area (Å²) in [4.78, 5) is 83.5. The second-order valence-corrected chi connectivity index (χ2v) is 16.5. The molecule has 0 unspecified atom stereocenters. The molecule has 14 nitrogen and oxygen atoms in total. The highest BCUT2D eigenvalue weighted by atomic mass is 16.6. The molecule has 0 radical (unpaired) electrons. The summed E-state index contributed by atoms with van der Waals surface area (Å²) in [5.41, 5.74) is 4.05. The number of hydrogen-bond donors (Lipinski definition) is 4. The van der Waals surface area contributed by atoms with Crippen LogP contribution >= 0.6 is 0 Å². The van der Waals surface area contributed by atoms with Crippen LogP contribution in [0, 0.1) is 11.8 Å². The van der Waals surface area contributed by atoms with E-state index in [0.717, 1.165) is 11.1 Å². The van der Waals surface area contributed by atoms with Crippen LogP contribution in [-0.2, 0) is 28.7 Å². The molecule has 62 heavy (non-hydrogen) atoms. The van der Waals surface area contributed by atoms with Gasteiger partial charge in [-0.25, -0.2) is 9.59 Å². The van der Waals surface area contributed by atoms with Crippen molar-refractivity contribution >= 4 is 47.2 Å². The molecule has 0 aliphatic carbocycles. The molecule has 2 fully saturated rings. The van der Waals surface area contributed by atoms with E-state index in [2.05, 4.69) is 21.3 Å². The lowest BCUT2D eigenvalue weighted by atomic mass is 10.0. The summed E-state index contributed by atoms with van der Waals surface area (Å²) >= 11 is 0. The second kappa shape index (κ2) is 21.2. The number of anilines is 2. The molecule has 326 valence electrons. The molecule has 2 aliphatic rings. The zero-order chi connectivity index (χ0) is 44.2. The molecule has 6 rings (SSSR count). The van der Waals surface area contributed by atoms with Crippen LogP contribution in [0.1, 0.15) is 76.6 Å². The highest BCUT2D eigenvalue weighted by molar-refractivity contribution is 6.00. The summed E-state index contributed by atoms with van der Waals surface area (Å²) in [6.07, 6.45) is 0.836. The van der Waals surface area contributed by atoms with Crippen molar-refractivity contribution in [1.82, 2.24) is 20.4 Å². The molecule has 4 N–H and O–H groups in total. The number of nitrogens with one attached hydrogen (secondary N) is 4. The van der Waals surface area contributed by atoms with Crippen molar-refractivity contribution in [2.45, 2.75) is 77.5 Å². The number of amides is 6. The van der Waals surface area contributed by atoms with E-state index in [1.165, 1.54) is 9.80 Å². The minimum absolute atomic E-state index is 0.127. The Morgan fingerprint density at radius 3 is 1.23 bits per heavy atom. The van der Waals surface area contributed by atoms with Crippen LogP contribution in [-0.4, -0.2) is 84.0 Å². The van der Waals surface area contributed by atoms with Crippen LogP contribution < -0.4 is 21.3 Å². The van der Waals surface area contributed by atoms with Gasteiger partial charge in [0.05, 0.1) is 13.2 Å². The molecule has 4 atom stereocenters. The lowest BCUT2D eigenvalue weighted by Crippen LogP contribution is -2.48. The topological polar surface area (TPSA) is 175 Å². The van der Waals surface area contributed by atoms with Gasteiger partial charge in [0.25, 0.3) is 11.8 Å². The molecule has 6 amide bonds. The average Bonchev–Trinajstić information content (AvgIpc) is 3.98. The molecule has 4 aromatic carbocycles. The quantitative estimate of drug-likeness (QED) is 0.0954. The first-order valence-corrected chi connectivity index (χ1v) is 21.3. The Balaban J connectivity index is 1.05. The van der Waals surface area contributed by atoms with Crippen molar-refractivity contribution in [3.8, 4) is 11.1 Å². The fourth-order valence-corrected chi connectivity index (χ4v) is 7.55. The minimum Gasteiger partial charge on any atom is -0.449 e. The van der Waals surface area contributed by atoms with Gasteiger partial charge < -0.3 is 40.5 Å². The largest absolute Gasteiger partial charge is 0.449 e. The van der Waals surface area contributed by atoms with Gasteiger partial charge in [0.1, 0.15) is 24.2 Å². The van der Waals surface area contributed by atoms with Crippen LogP contribution in [0.3, 0.4) is 0 Å². The van der Waals surface area contributed by atoms with E-state index in [-0.39, 0.29) is 48.7 Å². The molecule has 0 aromatic heterocycles. The molecule has 4 aromatic rings. The van der Waals surface area contributed by atoms with Crippen molar-refractivity contribution in [2.75, 3.05) is 36.9 Å². The Hall–Kier alpha value is -6.70. The summed E-state index contributed by atoms with van der Waals surface area (Å²) in [6.45, 7) is 8.85. The van der Waals surface area contributed by atoms with Gasteiger partial charge >= 0.3 is 12.2 Å². The first kappa shape index (κ1) is 44.8. The molecule has 14 heteroatoms. The summed E-state index contributed by atoms with van der Waals surface area (Å²) in [5.74, 6) is -1.16. The number of likely N-dealkylation sites (tertiary alicyclic amines) is 2. The zero-order valence-electron chi connectivity index (χ0n) is 35.7. The smallest absolute Gasteiger partial charge is 0.408 e. The maximum absolute atomic E-state index is 13.9. The van der Waals surface area contributed by atoms with Crippen LogP contribution in [0.2, 0.25) is 0 Å². The van der Waals surface area contributed by atoms with Crippen molar-refractivity contribution in [3.63, 3.8) is 0 Å². The average molecular weight is 845 g/mol. The molecule has 2 heterocycles. The number of benzene rings is 4. The van der Waals surface area contributed by atoms with E-state index in [1.807, 2.05) is 64.1 Å². The summed E-state index contributed by atoms with van der Waals surface area (Å²) in [7, 11) is 0. The first-order chi connectivity index (χ1) is 29.9. The molecule has 0 spiro atoms. The number of ether oxygens (including phenoxy) is 2. The molecular formula is C48H56N6O8. The van der Waals surface area contributed by atoms with E-state index in [1.54, 1.807) is 72.8 Å². The Morgan fingerprint density at radius 2 is 0.887 bits per heavy atom. The lowest BCUT2D eigenvalue weighted by Gasteiger charge is -2.29.